The van der Waals surface area contributed by atoms with Crippen LogP contribution in [0.1, 0.15) is 62.3 Å². The Labute approximate surface area is 193 Å². The standard InChI is InChI=1S/C23H40NO7P/c1-11-28-32(26,29-12-2)21(22(4,5)6)24(23(7,8)9)31-17(3)20(25)30-19-15-13-18(27-10)14-16-19/h13-17,21H,11-12H2,1-10H3. The molecule has 0 radical (unpaired) electrons. The number of hydroxylamine groups is 2. The quantitative estimate of drug-likeness (QED) is 0.176. The largest absolute Gasteiger partial charge is 0.497 e. The molecule has 0 aliphatic heterocycles. The number of carbonyl (C=O) groups is 1. The number of hydrogen-bond donors (Lipinski definition) is 0. The highest BCUT2D eigenvalue weighted by atomic mass is 31.2. The van der Waals surface area contributed by atoms with E-state index in [-0.39, 0.29) is 13.2 Å². The van der Waals surface area contributed by atoms with E-state index in [2.05, 4.69) is 0 Å². The van der Waals surface area contributed by atoms with Crippen LogP contribution in [0, 0.1) is 5.41 Å². The lowest BCUT2D eigenvalue weighted by Crippen LogP contribution is -2.55. The van der Waals surface area contributed by atoms with Crippen LogP contribution in [0.3, 0.4) is 0 Å². The van der Waals surface area contributed by atoms with Crippen molar-refractivity contribution in [1.82, 2.24) is 5.06 Å². The lowest BCUT2D eigenvalue weighted by molar-refractivity contribution is -0.261. The maximum absolute atomic E-state index is 13.9. The molecule has 1 aromatic carbocycles. The fraction of sp³-hybridized carbons (Fsp3) is 0.696. The Morgan fingerprint density at radius 2 is 1.44 bits per heavy atom. The summed E-state index contributed by atoms with van der Waals surface area (Å²) in [6.45, 7) is 17.1. The van der Waals surface area contributed by atoms with E-state index < -0.39 is 36.4 Å². The summed E-state index contributed by atoms with van der Waals surface area (Å²) in [6, 6.07) is 6.68. The molecule has 8 nitrogen and oxygen atoms in total. The zero-order chi connectivity index (χ0) is 24.7. The fourth-order valence-electron chi connectivity index (χ4n) is 3.13. The minimum atomic E-state index is -3.63. The highest BCUT2D eigenvalue weighted by Gasteiger charge is 2.52. The van der Waals surface area contributed by atoms with Gasteiger partial charge in [0.05, 0.1) is 20.3 Å². The Kier molecular flexibility index (Phi) is 10.4. The van der Waals surface area contributed by atoms with Gasteiger partial charge in [0, 0.05) is 5.54 Å². The molecule has 0 saturated heterocycles. The second-order valence-electron chi connectivity index (χ2n) is 9.46. The van der Waals surface area contributed by atoms with Gasteiger partial charge < -0.3 is 18.5 Å². The molecular formula is C23H40NO7P. The number of esters is 1. The Balaban J connectivity index is 3.23. The second kappa shape index (κ2) is 11.6. The van der Waals surface area contributed by atoms with Crippen molar-refractivity contribution in [2.45, 2.75) is 79.7 Å². The van der Waals surface area contributed by atoms with Crippen LogP contribution < -0.4 is 9.47 Å². The van der Waals surface area contributed by atoms with Crippen molar-refractivity contribution >= 4 is 13.6 Å². The summed E-state index contributed by atoms with van der Waals surface area (Å²) < 4.78 is 35.8. The summed E-state index contributed by atoms with van der Waals surface area (Å²) in [4.78, 5) is 18.9. The van der Waals surface area contributed by atoms with E-state index in [1.807, 2.05) is 41.5 Å². The van der Waals surface area contributed by atoms with Crippen LogP contribution in [-0.4, -0.2) is 48.8 Å². The van der Waals surface area contributed by atoms with Crippen LogP contribution in [0.5, 0.6) is 11.5 Å². The molecule has 0 spiro atoms. The van der Waals surface area contributed by atoms with Gasteiger partial charge in [-0.2, -0.15) is 5.06 Å². The molecule has 0 amide bonds. The molecule has 184 valence electrons. The zero-order valence-corrected chi connectivity index (χ0v) is 22.0. The van der Waals surface area contributed by atoms with Gasteiger partial charge in [-0.15, -0.1) is 0 Å². The summed E-state index contributed by atoms with van der Waals surface area (Å²) in [6.07, 6.45) is -0.974. The van der Waals surface area contributed by atoms with Crippen molar-refractivity contribution in [1.29, 1.82) is 0 Å². The molecule has 0 heterocycles. The van der Waals surface area contributed by atoms with E-state index in [0.717, 1.165) is 0 Å². The van der Waals surface area contributed by atoms with Gasteiger partial charge >= 0.3 is 13.6 Å². The molecule has 1 rings (SSSR count). The van der Waals surface area contributed by atoms with Crippen molar-refractivity contribution in [2.75, 3.05) is 20.3 Å². The summed E-state index contributed by atoms with van der Waals surface area (Å²) >= 11 is 0. The normalized spacial score (nSPS) is 14.8. The maximum Gasteiger partial charge on any atom is 0.350 e. The molecule has 0 fully saturated rings. The van der Waals surface area contributed by atoms with Gasteiger partial charge in [-0.1, -0.05) is 20.8 Å². The molecule has 0 saturated carbocycles. The van der Waals surface area contributed by atoms with E-state index >= 15 is 0 Å². The molecule has 9 heteroatoms. The first kappa shape index (κ1) is 28.6. The van der Waals surface area contributed by atoms with Crippen LogP contribution in [0.15, 0.2) is 24.3 Å². The Morgan fingerprint density at radius 1 is 0.969 bits per heavy atom. The van der Waals surface area contributed by atoms with Gasteiger partial charge in [-0.05, 0) is 71.2 Å². The summed E-state index contributed by atoms with van der Waals surface area (Å²) in [7, 11) is -2.07. The minimum absolute atomic E-state index is 0.219. The van der Waals surface area contributed by atoms with Gasteiger partial charge in [-0.3, -0.25) is 9.40 Å². The summed E-state index contributed by atoms with van der Waals surface area (Å²) in [5, 5.41) is 1.57. The Bertz CT molecular complexity index is 758. The van der Waals surface area contributed by atoms with E-state index in [1.54, 1.807) is 57.2 Å². The zero-order valence-electron chi connectivity index (χ0n) is 21.1. The Morgan fingerprint density at radius 3 is 1.81 bits per heavy atom. The molecule has 0 aliphatic carbocycles. The lowest BCUT2D eigenvalue weighted by atomic mass is 9.94. The maximum atomic E-state index is 13.9. The topological polar surface area (TPSA) is 83.5 Å². The first-order chi connectivity index (χ1) is 14.7. The average Bonchev–Trinajstić information content (AvgIpc) is 2.66. The van der Waals surface area contributed by atoms with E-state index in [4.69, 9.17) is 23.4 Å². The van der Waals surface area contributed by atoms with E-state index in [0.29, 0.717) is 11.5 Å². The number of nitrogens with zero attached hydrogens (tertiary/aromatic N) is 1. The summed E-state index contributed by atoms with van der Waals surface area (Å²) in [5.74, 6) is -0.329. The second-order valence-corrected chi connectivity index (χ2v) is 11.5. The van der Waals surface area contributed by atoms with Gasteiger partial charge in [0.1, 0.15) is 17.3 Å². The smallest absolute Gasteiger partial charge is 0.350 e. The number of benzene rings is 1. The molecule has 32 heavy (non-hydrogen) atoms. The number of rotatable bonds is 11. The van der Waals surface area contributed by atoms with Crippen molar-refractivity contribution in [3.63, 3.8) is 0 Å². The molecule has 0 aromatic heterocycles. The average molecular weight is 474 g/mol. The summed E-state index contributed by atoms with van der Waals surface area (Å²) in [5.41, 5.74) is -1.19. The fourth-order valence-corrected chi connectivity index (χ4v) is 5.81. The third-order valence-electron chi connectivity index (χ3n) is 4.46. The van der Waals surface area contributed by atoms with Crippen molar-refractivity contribution in [3.8, 4) is 11.5 Å². The number of ether oxygens (including phenoxy) is 2. The molecule has 2 atom stereocenters. The van der Waals surface area contributed by atoms with Crippen molar-refractivity contribution in [3.05, 3.63) is 24.3 Å². The van der Waals surface area contributed by atoms with Crippen LogP contribution in [0.4, 0.5) is 0 Å². The van der Waals surface area contributed by atoms with Crippen LogP contribution in [0.2, 0.25) is 0 Å². The highest BCUT2D eigenvalue weighted by molar-refractivity contribution is 7.54. The van der Waals surface area contributed by atoms with Gasteiger partial charge in [0.15, 0.2) is 6.10 Å². The van der Waals surface area contributed by atoms with E-state index in [1.165, 1.54) is 0 Å². The molecule has 2 unspecified atom stereocenters. The number of carbonyl (C=O) groups excluding carboxylic acids is 1. The SMILES string of the molecule is CCOP(=O)(OCC)C(N(OC(C)C(=O)Oc1ccc(OC)cc1)C(C)(C)C)C(C)(C)C. The minimum Gasteiger partial charge on any atom is -0.497 e. The molecular weight excluding hydrogens is 433 g/mol. The van der Waals surface area contributed by atoms with E-state index in [9.17, 15) is 9.36 Å². The third kappa shape index (κ3) is 7.85. The Hall–Kier alpha value is -1.44. The molecule has 1 aromatic rings. The monoisotopic (exact) mass is 473 g/mol. The predicted octanol–water partition coefficient (Wildman–Crippen LogP) is 5.66. The van der Waals surface area contributed by atoms with Crippen LogP contribution in [0.25, 0.3) is 0 Å². The van der Waals surface area contributed by atoms with Gasteiger partial charge in [0.2, 0.25) is 0 Å². The first-order valence-corrected chi connectivity index (χ1v) is 12.5. The van der Waals surface area contributed by atoms with Crippen LogP contribution >= 0.6 is 7.60 Å². The highest BCUT2D eigenvalue weighted by Crippen LogP contribution is 2.60. The lowest BCUT2D eigenvalue weighted by Gasteiger charge is -2.47. The van der Waals surface area contributed by atoms with Gasteiger partial charge in [0.25, 0.3) is 0 Å². The van der Waals surface area contributed by atoms with Crippen molar-refractivity contribution < 1.29 is 32.7 Å². The molecule has 0 bridgehead atoms. The molecule has 0 aliphatic rings. The number of hydrogen-bond acceptors (Lipinski definition) is 8. The van der Waals surface area contributed by atoms with Gasteiger partial charge in [-0.25, -0.2) is 4.79 Å². The predicted molar refractivity (Wildman–Crippen MR) is 125 cm³/mol. The number of methoxy groups -OCH3 is 1. The van der Waals surface area contributed by atoms with Crippen LogP contribution in [-0.2, 0) is 23.2 Å². The van der Waals surface area contributed by atoms with Crippen molar-refractivity contribution in [2.24, 2.45) is 5.41 Å². The molecule has 0 N–H and O–H groups in total. The third-order valence-corrected chi connectivity index (χ3v) is 7.28. The first-order valence-electron chi connectivity index (χ1n) is 10.9.